The Morgan fingerprint density at radius 3 is 2.48 bits per heavy atom. The minimum Gasteiger partial charge on any atom is -0.494 e. The largest absolute Gasteiger partial charge is 0.494 e. The molecule has 0 radical (unpaired) electrons. The molecule has 0 aliphatic carbocycles. The molecule has 2 rings (SSSR count). The molecular weight excluding hydrogens is 356 g/mol. The van der Waals surface area contributed by atoms with Crippen LogP contribution in [0.25, 0.3) is 0 Å². The predicted octanol–water partition coefficient (Wildman–Crippen LogP) is 2.97. The molecule has 0 fully saturated rings. The predicted molar refractivity (Wildman–Crippen MR) is 95.5 cm³/mol. The SMILES string of the molecule is CCOc1ccc(CC(CNC(=O)Cc2cccc(F)c2F)C(=O)O)cc1. The van der Waals surface area contributed by atoms with Gasteiger partial charge in [-0.25, -0.2) is 8.78 Å². The maximum Gasteiger partial charge on any atom is 0.308 e. The van der Waals surface area contributed by atoms with Crippen molar-refractivity contribution in [2.24, 2.45) is 5.92 Å². The molecule has 2 N–H and O–H groups in total. The third-order valence-electron chi connectivity index (χ3n) is 3.99. The summed E-state index contributed by atoms with van der Waals surface area (Å²) in [6.07, 6.45) is -0.144. The van der Waals surface area contributed by atoms with E-state index in [1.165, 1.54) is 12.1 Å². The number of hydrogen-bond donors (Lipinski definition) is 2. The molecular formula is C20H21F2NO4. The van der Waals surface area contributed by atoms with Crippen LogP contribution in [0.3, 0.4) is 0 Å². The average Bonchev–Trinajstić information content (AvgIpc) is 2.64. The van der Waals surface area contributed by atoms with Crippen LogP contribution in [0.15, 0.2) is 42.5 Å². The average molecular weight is 377 g/mol. The molecule has 0 bridgehead atoms. The Balaban J connectivity index is 1.92. The van der Waals surface area contributed by atoms with Crippen LogP contribution in [0.1, 0.15) is 18.1 Å². The Kier molecular flexibility index (Phi) is 7.28. The van der Waals surface area contributed by atoms with Gasteiger partial charge < -0.3 is 15.2 Å². The van der Waals surface area contributed by atoms with Gasteiger partial charge >= 0.3 is 5.97 Å². The first-order valence-electron chi connectivity index (χ1n) is 8.54. The Hall–Kier alpha value is -2.96. The first kappa shape index (κ1) is 20.4. The van der Waals surface area contributed by atoms with Crippen molar-refractivity contribution in [1.29, 1.82) is 0 Å². The van der Waals surface area contributed by atoms with Gasteiger partial charge in [0.05, 0.1) is 18.9 Å². The molecule has 144 valence electrons. The minimum absolute atomic E-state index is 0.0779. The second-order valence-electron chi connectivity index (χ2n) is 6.01. The second-order valence-corrected chi connectivity index (χ2v) is 6.01. The summed E-state index contributed by atoms with van der Waals surface area (Å²) in [5.74, 6) is -3.88. The maximum atomic E-state index is 13.6. The van der Waals surface area contributed by atoms with Crippen molar-refractivity contribution in [3.8, 4) is 5.75 Å². The molecule has 1 amide bonds. The lowest BCUT2D eigenvalue weighted by molar-refractivity contribution is -0.141. The van der Waals surface area contributed by atoms with Crippen LogP contribution < -0.4 is 10.1 Å². The third kappa shape index (κ3) is 6.06. The molecule has 0 aliphatic heterocycles. The number of carbonyl (C=O) groups is 2. The number of hydrogen-bond acceptors (Lipinski definition) is 3. The molecule has 0 aliphatic rings. The van der Waals surface area contributed by atoms with Crippen LogP contribution in [0.4, 0.5) is 8.78 Å². The monoisotopic (exact) mass is 377 g/mol. The lowest BCUT2D eigenvalue weighted by Crippen LogP contribution is -2.35. The van der Waals surface area contributed by atoms with Crippen LogP contribution in [0.2, 0.25) is 0 Å². The number of halogens is 2. The van der Waals surface area contributed by atoms with Gasteiger partial charge in [0.25, 0.3) is 0 Å². The van der Waals surface area contributed by atoms with E-state index in [2.05, 4.69) is 5.32 Å². The van der Waals surface area contributed by atoms with Crippen molar-refractivity contribution >= 4 is 11.9 Å². The molecule has 2 aromatic carbocycles. The number of aliphatic carboxylic acids is 1. The van der Waals surface area contributed by atoms with E-state index < -0.39 is 29.4 Å². The van der Waals surface area contributed by atoms with Crippen LogP contribution in [0, 0.1) is 17.6 Å². The normalized spacial score (nSPS) is 11.7. The first-order chi connectivity index (χ1) is 12.9. The number of ether oxygens (including phenoxy) is 1. The summed E-state index contributed by atoms with van der Waals surface area (Å²) in [6, 6.07) is 10.6. The Morgan fingerprint density at radius 1 is 1.15 bits per heavy atom. The van der Waals surface area contributed by atoms with Crippen molar-refractivity contribution in [1.82, 2.24) is 5.32 Å². The molecule has 0 spiro atoms. The molecule has 27 heavy (non-hydrogen) atoms. The Bertz CT molecular complexity index is 793. The molecule has 0 saturated carbocycles. The number of carboxylic acid groups (broad SMARTS) is 1. The van der Waals surface area contributed by atoms with Crippen LogP contribution >= 0.6 is 0 Å². The van der Waals surface area contributed by atoms with E-state index in [4.69, 9.17) is 4.74 Å². The number of carbonyl (C=O) groups excluding carboxylic acids is 1. The number of carboxylic acids is 1. The van der Waals surface area contributed by atoms with Crippen molar-refractivity contribution in [2.45, 2.75) is 19.8 Å². The van der Waals surface area contributed by atoms with E-state index >= 15 is 0 Å². The molecule has 5 nitrogen and oxygen atoms in total. The number of amides is 1. The van der Waals surface area contributed by atoms with E-state index in [1.807, 2.05) is 6.92 Å². The lowest BCUT2D eigenvalue weighted by atomic mass is 9.99. The van der Waals surface area contributed by atoms with Gasteiger partial charge in [-0.05, 0) is 37.1 Å². The quantitative estimate of drug-likeness (QED) is 0.705. The van der Waals surface area contributed by atoms with Crippen molar-refractivity contribution in [3.05, 3.63) is 65.2 Å². The van der Waals surface area contributed by atoms with Crippen molar-refractivity contribution in [2.75, 3.05) is 13.2 Å². The number of benzene rings is 2. The highest BCUT2D eigenvalue weighted by Crippen LogP contribution is 2.16. The van der Waals surface area contributed by atoms with Crippen LogP contribution in [0.5, 0.6) is 5.75 Å². The maximum absolute atomic E-state index is 13.6. The topological polar surface area (TPSA) is 75.6 Å². The lowest BCUT2D eigenvalue weighted by Gasteiger charge is -2.14. The summed E-state index contributed by atoms with van der Waals surface area (Å²) in [5, 5.41) is 11.8. The zero-order chi connectivity index (χ0) is 19.8. The summed E-state index contributed by atoms with van der Waals surface area (Å²) in [4.78, 5) is 23.4. The highest BCUT2D eigenvalue weighted by molar-refractivity contribution is 5.79. The molecule has 7 heteroatoms. The zero-order valence-corrected chi connectivity index (χ0v) is 14.9. The van der Waals surface area contributed by atoms with E-state index in [0.717, 1.165) is 11.6 Å². The fraction of sp³-hybridized carbons (Fsp3) is 0.300. The molecule has 0 aromatic heterocycles. The molecule has 1 atom stereocenters. The molecule has 2 aromatic rings. The Labute approximate surface area is 156 Å². The van der Waals surface area contributed by atoms with Gasteiger partial charge in [0.15, 0.2) is 11.6 Å². The summed E-state index contributed by atoms with van der Waals surface area (Å²) in [7, 11) is 0. The molecule has 0 heterocycles. The van der Waals surface area contributed by atoms with Crippen LogP contribution in [-0.4, -0.2) is 30.1 Å². The van der Waals surface area contributed by atoms with Gasteiger partial charge in [-0.2, -0.15) is 0 Å². The van der Waals surface area contributed by atoms with E-state index in [1.54, 1.807) is 24.3 Å². The number of nitrogens with one attached hydrogen (secondary N) is 1. The van der Waals surface area contributed by atoms with Gasteiger partial charge in [-0.1, -0.05) is 24.3 Å². The van der Waals surface area contributed by atoms with Gasteiger partial charge in [0.2, 0.25) is 5.91 Å². The molecule has 0 saturated heterocycles. The van der Waals surface area contributed by atoms with Gasteiger partial charge in [0, 0.05) is 12.1 Å². The third-order valence-corrected chi connectivity index (χ3v) is 3.99. The summed E-state index contributed by atoms with van der Waals surface area (Å²) < 4.78 is 32.1. The fourth-order valence-electron chi connectivity index (χ4n) is 2.58. The zero-order valence-electron chi connectivity index (χ0n) is 14.9. The second kappa shape index (κ2) is 9.66. The van der Waals surface area contributed by atoms with Crippen LogP contribution in [-0.2, 0) is 22.4 Å². The summed E-state index contributed by atoms with van der Waals surface area (Å²) in [5.41, 5.74) is 0.710. The van der Waals surface area contributed by atoms with Gasteiger partial charge in [-0.3, -0.25) is 9.59 Å². The first-order valence-corrected chi connectivity index (χ1v) is 8.54. The van der Waals surface area contributed by atoms with E-state index in [9.17, 15) is 23.5 Å². The highest BCUT2D eigenvalue weighted by Gasteiger charge is 2.20. The summed E-state index contributed by atoms with van der Waals surface area (Å²) in [6.45, 7) is 2.29. The highest BCUT2D eigenvalue weighted by atomic mass is 19.2. The molecule has 1 unspecified atom stereocenters. The smallest absolute Gasteiger partial charge is 0.308 e. The van der Waals surface area contributed by atoms with Gasteiger partial charge in [-0.15, -0.1) is 0 Å². The van der Waals surface area contributed by atoms with Gasteiger partial charge in [0.1, 0.15) is 5.75 Å². The Morgan fingerprint density at radius 2 is 1.85 bits per heavy atom. The summed E-state index contributed by atoms with van der Waals surface area (Å²) >= 11 is 0. The van der Waals surface area contributed by atoms with Crippen molar-refractivity contribution < 1.29 is 28.2 Å². The number of rotatable bonds is 9. The van der Waals surface area contributed by atoms with E-state index in [-0.39, 0.29) is 24.9 Å². The van der Waals surface area contributed by atoms with E-state index in [0.29, 0.717) is 12.4 Å². The fourth-order valence-corrected chi connectivity index (χ4v) is 2.58. The minimum atomic E-state index is -1.07. The standard InChI is InChI=1S/C20H21F2NO4/c1-2-27-16-8-6-13(7-9-16)10-15(20(25)26)12-23-18(24)11-14-4-3-5-17(21)19(14)22/h3-9,15H,2,10-12H2,1H3,(H,23,24)(H,25,26). The van der Waals surface area contributed by atoms with Crippen molar-refractivity contribution in [3.63, 3.8) is 0 Å².